The summed E-state index contributed by atoms with van der Waals surface area (Å²) in [4.78, 5) is 23.0. The molecular weight excluding hydrogens is 360 g/mol. The molecule has 166 valence electrons. The molecule has 0 heterocycles. The van der Waals surface area contributed by atoms with Gasteiger partial charge in [0.2, 0.25) is 0 Å². The number of carbonyl (C=O) groups excluding carboxylic acids is 2. The first kappa shape index (κ1) is 26.9. The van der Waals surface area contributed by atoms with Gasteiger partial charge in [0, 0.05) is 12.8 Å². The summed E-state index contributed by atoms with van der Waals surface area (Å²) in [5, 5.41) is 0. The second-order valence-corrected chi connectivity index (χ2v) is 7.94. The van der Waals surface area contributed by atoms with Crippen molar-refractivity contribution in [1.82, 2.24) is 0 Å². The third kappa shape index (κ3) is 21.2. The summed E-state index contributed by atoms with van der Waals surface area (Å²) in [6.45, 7) is 10.9. The van der Waals surface area contributed by atoms with Crippen molar-refractivity contribution in [3.63, 3.8) is 0 Å². The molecule has 0 aliphatic rings. The lowest BCUT2D eigenvalue weighted by Gasteiger charge is -2.08. The maximum absolute atomic E-state index is 11.5. The van der Waals surface area contributed by atoms with Crippen molar-refractivity contribution in [2.75, 3.05) is 39.6 Å². The summed E-state index contributed by atoms with van der Waals surface area (Å²) >= 11 is 0. The number of unbranched alkanes of at least 4 members (excludes halogenated alkanes) is 2. The van der Waals surface area contributed by atoms with E-state index in [2.05, 4.69) is 27.7 Å². The zero-order chi connectivity index (χ0) is 21.0. The first-order valence-electron chi connectivity index (χ1n) is 10.9. The van der Waals surface area contributed by atoms with Crippen molar-refractivity contribution in [3.05, 3.63) is 0 Å². The Bertz CT molecular complexity index is 345. The minimum Gasteiger partial charge on any atom is -0.463 e. The van der Waals surface area contributed by atoms with Gasteiger partial charge in [0.1, 0.15) is 13.2 Å². The number of hydrogen-bond donors (Lipinski definition) is 0. The number of esters is 2. The van der Waals surface area contributed by atoms with Crippen LogP contribution in [0.15, 0.2) is 0 Å². The monoisotopic (exact) mass is 402 g/mol. The van der Waals surface area contributed by atoms with E-state index in [-0.39, 0.29) is 25.2 Å². The highest BCUT2D eigenvalue weighted by molar-refractivity contribution is 5.69. The number of rotatable bonds is 19. The Morgan fingerprint density at radius 1 is 0.571 bits per heavy atom. The largest absolute Gasteiger partial charge is 0.463 e. The third-order valence-corrected chi connectivity index (χ3v) is 4.18. The van der Waals surface area contributed by atoms with Gasteiger partial charge in [-0.2, -0.15) is 0 Å². The molecule has 0 aromatic heterocycles. The second kappa shape index (κ2) is 19.2. The van der Waals surface area contributed by atoms with E-state index in [1.807, 2.05) is 0 Å². The average Bonchev–Trinajstić information content (AvgIpc) is 2.63. The van der Waals surface area contributed by atoms with Gasteiger partial charge in [-0.3, -0.25) is 9.59 Å². The summed E-state index contributed by atoms with van der Waals surface area (Å²) in [6, 6.07) is 0. The van der Waals surface area contributed by atoms with Crippen LogP contribution in [0.1, 0.15) is 79.1 Å². The van der Waals surface area contributed by atoms with Crippen LogP contribution in [0.5, 0.6) is 0 Å². The van der Waals surface area contributed by atoms with Gasteiger partial charge in [0.15, 0.2) is 0 Å². The molecule has 0 fully saturated rings. The fraction of sp³-hybridized carbons (Fsp3) is 0.909. The molecule has 0 saturated carbocycles. The van der Waals surface area contributed by atoms with E-state index in [1.54, 1.807) is 0 Å². The maximum Gasteiger partial charge on any atom is 0.305 e. The molecule has 6 nitrogen and oxygen atoms in total. The van der Waals surface area contributed by atoms with Gasteiger partial charge >= 0.3 is 11.9 Å². The molecule has 0 saturated heterocycles. The van der Waals surface area contributed by atoms with Gasteiger partial charge in [-0.15, -0.1) is 0 Å². The predicted molar refractivity (Wildman–Crippen MR) is 110 cm³/mol. The molecule has 0 N–H and O–H groups in total. The lowest BCUT2D eigenvalue weighted by atomic mass is 10.1. The Labute approximate surface area is 171 Å². The molecule has 0 aliphatic heterocycles. The fourth-order valence-electron chi connectivity index (χ4n) is 2.54. The summed E-state index contributed by atoms with van der Waals surface area (Å²) in [5.74, 6) is 1.04. The molecule has 0 amide bonds. The van der Waals surface area contributed by atoms with E-state index in [0.29, 0.717) is 51.1 Å². The van der Waals surface area contributed by atoms with Gasteiger partial charge in [0.25, 0.3) is 0 Å². The molecule has 0 spiro atoms. The van der Waals surface area contributed by atoms with E-state index in [4.69, 9.17) is 18.9 Å². The standard InChI is InChI=1S/C22H42O6/c1-19(2)9-5-7-11-21(23)27-17-15-25-13-14-26-16-18-28-22(24)12-8-6-10-20(3)4/h19-20H,5-18H2,1-4H3. The van der Waals surface area contributed by atoms with Gasteiger partial charge in [-0.25, -0.2) is 0 Å². The minimum absolute atomic E-state index is 0.158. The highest BCUT2D eigenvalue weighted by Gasteiger charge is 2.04. The Kier molecular flexibility index (Phi) is 18.4. The van der Waals surface area contributed by atoms with Crippen LogP contribution in [0.25, 0.3) is 0 Å². The van der Waals surface area contributed by atoms with Crippen LogP contribution in [-0.4, -0.2) is 51.6 Å². The van der Waals surface area contributed by atoms with Gasteiger partial charge in [-0.05, 0) is 24.7 Å². The van der Waals surface area contributed by atoms with Crippen molar-refractivity contribution in [2.45, 2.75) is 79.1 Å². The molecule has 0 rings (SSSR count). The average molecular weight is 403 g/mol. The van der Waals surface area contributed by atoms with Crippen LogP contribution in [0.2, 0.25) is 0 Å². The first-order valence-corrected chi connectivity index (χ1v) is 10.9. The van der Waals surface area contributed by atoms with E-state index < -0.39 is 0 Å². The van der Waals surface area contributed by atoms with Crippen molar-refractivity contribution in [1.29, 1.82) is 0 Å². The van der Waals surface area contributed by atoms with E-state index in [9.17, 15) is 9.59 Å². The van der Waals surface area contributed by atoms with Crippen LogP contribution >= 0.6 is 0 Å². The first-order chi connectivity index (χ1) is 13.4. The predicted octanol–water partition coefficient (Wildman–Crippen LogP) is 4.54. The van der Waals surface area contributed by atoms with Crippen LogP contribution < -0.4 is 0 Å². The van der Waals surface area contributed by atoms with Crippen molar-refractivity contribution < 1.29 is 28.5 Å². The highest BCUT2D eigenvalue weighted by atomic mass is 16.6. The quantitative estimate of drug-likeness (QED) is 0.233. The topological polar surface area (TPSA) is 71.1 Å². The Morgan fingerprint density at radius 3 is 1.29 bits per heavy atom. The molecule has 0 radical (unpaired) electrons. The van der Waals surface area contributed by atoms with Gasteiger partial charge < -0.3 is 18.9 Å². The second-order valence-electron chi connectivity index (χ2n) is 7.94. The SMILES string of the molecule is CC(C)CCCCC(=O)OCCOCCOCCOC(=O)CCCCC(C)C. The number of hydrogen-bond acceptors (Lipinski definition) is 6. The lowest BCUT2D eigenvalue weighted by molar-refractivity contribution is -0.147. The van der Waals surface area contributed by atoms with Crippen molar-refractivity contribution in [2.24, 2.45) is 11.8 Å². The zero-order valence-corrected chi connectivity index (χ0v) is 18.5. The van der Waals surface area contributed by atoms with E-state index in [1.165, 1.54) is 0 Å². The summed E-state index contributed by atoms with van der Waals surface area (Å²) in [5.41, 5.74) is 0. The Balaban J connectivity index is 3.26. The third-order valence-electron chi connectivity index (χ3n) is 4.18. The number of carbonyl (C=O) groups is 2. The molecule has 28 heavy (non-hydrogen) atoms. The van der Waals surface area contributed by atoms with Crippen LogP contribution in [0, 0.1) is 11.8 Å². The van der Waals surface area contributed by atoms with Gasteiger partial charge in [-0.1, -0.05) is 53.4 Å². The van der Waals surface area contributed by atoms with Crippen molar-refractivity contribution >= 4 is 11.9 Å². The van der Waals surface area contributed by atoms with Crippen LogP contribution in [0.4, 0.5) is 0 Å². The molecule has 0 atom stereocenters. The fourth-order valence-corrected chi connectivity index (χ4v) is 2.54. The molecule has 0 aromatic rings. The molecule has 0 unspecified atom stereocenters. The van der Waals surface area contributed by atoms with E-state index in [0.717, 1.165) is 38.5 Å². The van der Waals surface area contributed by atoms with Crippen LogP contribution in [0.3, 0.4) is 0 Å². The molecule has 0 aliphatic carbocycles. The lowest BCUT2D eigenvalue weighted by Crippen LogP contribution is -2.15. The Hall–Kier alpha value is -1.14. The highest BCUT2D eigenvalue weighted by Crippen LogP contribution is 2.09. The molecule has 6 heteroatoms. The summed E-state index contributed by atoms with van der Waals surface area (Å²) < 4.78 is 20.9. The minimum atomic E-state index is -0.158. The summed E-state index contributed by atoms with van der Waals surface area (Å²) in [6.07, 6.45) is 7.14. The van der Waals surface area contributed by atoms with Gasteiger partial charge in [0.05, 0.1) is 26.4 Å². The molecule has 0 bridgehead atoms. The van der Waals surface area contributed by atoms with Crippen molar-refractivity contribution in [3.8, 4) is 0 Å². The summed E-state index contributed by atoms with van der Waals surface area (Å²) in [7, 11) is 0. The van der Waals surface area contributed by atoms with E-state index >= 15 is 0 Å². The normalized spacial score (nSPS) is 11.2. The molecular formula is C22H42O6. The van der Waals surface area contributed by atoms with Crippen LogP contribution in [-0.2, 0) is 28.5 Å². The zero-order valence-electron chi connectivity index (χ0n) is 18.5. The smallest absolute Gasteiger partial charge is 0.305 e. The number of ether oxygens (including phenoxy) is 4. The Morgan fingerprint density at radius 2 is 0.929 bits per heavy atom. The maximum atomic E-state index is 11.5. The molecule has 0 aromatic carbocycles.